The minimum Gasteiger partial charge on any atom is -0.383 e. The third kappa shape index (κ3) is 8.06. The smallest absolute Gasteiger partial charge is 0.306 e. The molecule has 0 aliphatic heterocycles. The molecule has 0 radical (unpaired) electrons. The van der Waals surface area contributed by atoms with E-state index in [1.54, 1.807) is 18.1 Å². The van der Waals surface area contributed by atoms with Crippen LogP contribution in [-0.4, -0.2) is 58.8 Å². The van der Waals surface area contributed by atoms with Gasteiger partial charge < -0.3 is 18.7 Å². The van der Waals surface area contributed by atoms with Gasteiger partial charge in [-0.05, 0) is 25.8 Å². The Morgan fingerprint density at radius 2 is 1.82 bits per heavy atom. The molecule has 1 amide bonds. The molecule has 1 rings (SSSR count). The zero-order chi connectivity index (χ0) is 21.3. The summed E-state index contributed by atoms with van der Waals surface area (Å²) in [5.41, 5.74) is 1.53. The van der Waals surface area contributed by atoms with Crippen molar-refractivity contribution in [3.8, 4) is 5.75 Å². The Hall–Kier alpha value is -1.80. The Balaban J connectivity index is 3.24. The van der Waals surface area contributed by atoms with Gasteiger partial charge in [-0.15, -0.1) is 0 Å². The highest BCUT2D eigenvalue weighted by Crippen LogP contribution is 2.28. The predicted octanol–water partition coefficient (Wildman–Crippen LogP) is 2.89. The SMILES string of the molecule is CCN(CC)c1ccc(CN(CCOC)C(=O)CC(C)C)c(OS(C)(=O)=O)c1. The van der Waals surface area contributed by atoms with Crippen LogP contribution >= 0.6 is 0 Å². The number of hydrogen-bond acceptors (Lipinski definition) is 6. The van der Waals surface area contributed by atoms with Gasteiger partial charge >= 0.3 is 10.1 Å². The Labute approximate surface area is 169 Å². The first kappa shape index (κ1) is 24.2. The summed E-state index contributed by atoms with van der Waals surface area (Å²) in [6.45, 7) is 10.7. The fourth-order valence-electron chi connectivity index (χ4n) is 2.88. The van der Waals surface area contributed by atoms with E-state index in [9.17, 15) is 13.2 Å². The number of carbonyl (C=O) groups excluding carboxylic acids is 1. The molecule has 0 bridgehead atoms. The number of anilines is 1. The van der Waals surface area contributed by atoms with Crippen LogP contribution < -0.4 is 9.08 Å². The van der Waals surface area contributed by atoms with Gasteiger partial charge in [0, 0.05) is 57.0 Å². The van der Waals surface area contributed by atoms with Crippen molar-refractivity contribution in [3.63, 3.8) is 0 Å². The molecular formula is C20H34N2O5S. The van der Waals surface area contributed by atoms with Crippen molar-refractivity contribution in [3.05, 3.63) is 23.8 Å². The first-order chi connectivity index (χ1) is 13.1. The van der Waals surface area contributed by atoms with Gasteiger partial charge in [0.2, 0.25) is 5.91 Å². The lowest BCUT2D eigenvalue weighted by Crippen LogP contribution is -2.34. The Bertz CT molecular complexity index is 730. The monoisotopic (exact) mass is 414 g/mol. The maximum Gasteiger partial charge on any atom is 0.306 e. The van der Waals surface area contributed by atoms with E-state index in [0.29, 0.717) is 25.1 Å². The Morgan fingerprint density at radius 3 is 2.32 bits per heavy atom. The van der Waals surface area contributed by atoms with E-state index >= 15 is 0 Å². The van der Waals surface area contributed by atoms with Gasteiger partial charge in [0.15, 0.2) is 0 Å². The van der Waals surface area contributed by atoms with E-state index in [4.69, 9.17) is 8.92 Å². The second kappa shape index (κ2) is 11.3. The van der Waals surface area contributed by atoms with Crippen LogP contribution in [0.3, 0.4) is 0 Å². The van der Waals surface area contributed by atoms with Gasteiger partial charge in [-0.3, -0.25) is 4.79 Å². The number of hydrogen-bond donors (Lipinski definition) is 0. The highest BCUT2D eigenvalue weighted by molar-refractivity contribution is 7.86. The van der Waals surface area contributed by atoms with Crippen LogP contribution in [0.4, 0.5) is 5.69 Å². The number of amides is 1. The summed E-state index contributed by atoms with van der Waals surface area (Å²) >= 11 is 0. The van der Waals surface area contributed by atoms with Crippen LogP contribution in [0.25, 0.3) is 0 Å². The highest BCUT2D eigenvalue weighted by Gasteiger charge is 2.19. The first-order valence-electron chi connectivity index (χ1n) is 9.65. The van der Waals surface area contributed by atoms with E-state index < -0.39 is 10.1 Å². The molecule has 0 atom stereocenters. The van der Waals surface area contributed by atoms with E-state index in [2.05, 4.69) is 4.90 Å². The molecule has 0 saturated carbocycles. The van der Waals surface area contributed by atoms with Crippen molar-refractivity contribution < 1.29 is 22.1 Å². The summed E-state index contributed by atoms with van der Waals surface area (Å²) in [7, 11) is -2.11. The maximum atomic E-state index is 12.6. The number of nitrogens with zero attached hydrogens (tertiary/aromatic N) is 2. The first-order valence-corrected chi connectivity index (χ1v) is 11.5. The summed E-state index contributed by atoms with van der Waals surface area (Å²) in [6, 6.07) is 5.49. The summed E-state index contributed by atoms with van der Waals surface area (Å²) < 4.78 is 33.9. The topological polar surface area (TPSA) is 76.2 Å². The molecule has 0 N–H and O–H groups in total. The Kier molecular flexibility index (Phi) is 9.75. The molecule has 28 heavy (non-hydrogen) atoms. The van der Waals surface area contributed by atoms with Crippen LogP contribution in [0.1, 0.15) is 39.7 Å². The lowest BCUT2D eigenvalue weighted by molar-refractivity contribution is -0.133. The molecule has 0 saturated heterocycles. The standard InChI is InChI=1S/C20H34N2O5S/c1-7-21(8-2)18-10-9-17(19(14-18)27-28(6,24)25)15-22(11-12-26-5)20(23)13-16(3)4/h9-10,14,16H,7-8,11-13,15H2,1-6H3. The molecule has 1 aromatic carbocycles. The molecule has 0 fully saturated rings. The minimum atomic E-state index is -3.69. The van der Waals surface area contributed by atoms with Gasteiger partial charge in [0.05, 0.1) is 12.9 Å². The third-order valence-electron chi connectivity index (χ3n) is 4.28. The van der Waals surface area contributed by atoms with Crippen molar-refractivity contribution in [2.24, 2.45) is 5.92 Å². The molecule has 0 aromatic heterocycles. The van der Waals surface area contributed by atoms with Gasteiger partial charge in [-0.25, -0.2) is 0 Å². The second-order valence-corrected chi connectivity index (χ2v) is 8.73. The predicted molar refractivity (Wildman–Crippen MR) is 112 cm³/mol. The largest absolute Gasteiger partial charge is 0.383 e. The zero-order valence-electron chi connectivity index (χ0n) is 17.9. The van der Waals surface area contributed by atoms with E-state index in [-0.39, 0.29) is 24.1 Å². The van der Waals surface area contributed by atoms with Gasteiger partial charge in [0.1, 0.15) is 5.75 Å². The van der Waals surface area contributed by atoms with Crippen LogP contribution in [0.2, 0.25) is 0 Å². The number of rotatable bonds is 12. The molecule has 7 nitrogen and oxygen atoms in total. The highest BCUT2D eigenvalue weighted by atomic mass is 32.2. The van der Waals surface area contributed by atoms with Crippen molar-refractivity contribution in [2.45, 2.75) is 40.7 Å². The summed E-state index contributed by atoms with van der Waals surface area (Å²) in [5, 5.41) is 0. The molecule has 0 aliphatic rings. The molecule has 0 unspecified atom stereocenters. The van der Waals surface area contributed by atoms with Crippen molar-refractivity contribution in [1.82, 2.24) is 4.90 Å². The van der Waals surface area contributed by atoms with Crippen molar-refractivity contribution >= 4 is 21.7 Å². The molecule has 160 valence electrons. The number of methoxy groups -OCH3 is 1. The molecule has 0 spiro atoms. The second-order valence-electron chi connectivity index (χ2n) is 7.16. The van der Waals surface area contributed by atoms with E-state index in [0.717, 1.165) is 25.0 Å². The maximum absolute atomic E-state index is 12.6. The Morgan fingerprint density at radius 1 is 1.18 bits per heavy atom. The fourth-order valence-corrected chi connectivity index (χ4v) is 3.36. The van der Waals surface area contributed by atoms with Gasteiger partial charge in [-0.1, -0.05) is 19.9 Å². The quantitative estimate of drug-likeness (QED) is 0.490. The van der Waals surface area contributed by atoms with Crippen LogP contribution in [0.15, 0.2) is 18.2 Å². The number of carbonyl (C=O) groups is 1. The van der Waals surface area contributed by atoms with Crippen molar-refractivity contribution in [1.29, 1.82) is 0 Å². The van der Waals surface area contributed by atoms with Crippen molar-refractivity contribution in [2.75, 3.05) is 44.5 Å². The average molecular weight is 415 g/mol. The fraction of sp³-hybridized carbons (Fsp3) is 0.650. The van der Waals surface area contributed by atoms with E-state index in [1.807, 2.05) is 39.8 Å². The lowest BCUT2D eigenvalue weighted by Gasteiger charge is -2.26. The summed E-state index contributed by atoms with van der Waals surface area (Å²) in [4.78, 5) is 16.4. The van der Waals surface area contributed by atoms with E-state index in [1.165, 1.54) is 0 Å². The molecule has 0 aliphatic carbocycles. The summed E-state index contributed by atoms with van der Waals surface area (Å²) in [6.07, 6.45) is 1.44. The summed E-state index contributed by atoms with van der Waals surface area (Å²) in [5.74, 6) is 0.492. The molecule has 1 aromatic rings. The van der Waals surface area contributed by atoms with Crippen LogP contribution in [0, 0.1) is 5.92 Å². The zero-order valence-corrected chi connectivity index (χ0v) is 18.7. The minimum absolute atomic E-state index is 0.00479. The molecular weight excluding hydrogens is 380 g/mol. The average Bonchev–Trinajstić information content (AvgIpc) is 2.59. The molecule has 0 heterocycles. The van der Waals surface area contributed by atoms with Crippen LogP contribution in [-0.2, 0) is 26.2 Å². The van der Waals surface area contributed by atoms with Crippen LogP contribution in [0.5, 0.6) is 5.75 Å². The normalized spacial score (nSPS) is 11.5. The number of benzene rings is 1. The lowest BCUT2D eigenvalue weighted by atomic mass is 10.1. The van der Waals surface area contributed by atoms with Gasteiger partial charge in [-0.2, -0.15) is 8.42 Å². The number of ether oxygens (including phenoxy) is 1. The van der Waals surface area contributed by atoms with Gasteiger partial charge in [0.25, 0.3) is 0 Å². The molecule has 8 heteroatoms. The third-order valence-corrected chi connectivity index (χ3v) is 4.76.